The van der Waals surface area contributed by atoms with Gasteiger partial charge in [0.25, 0.3) is 0 Å². The summed E-state index contributed by atoms with van der Waals surface area (Å²) in [7, 11) is 3.94. The number of rotatable bonds is 6. The third kappa shape index (κ3) is 4.28. The Morgan fingerprint density at radius 3 is 2.30 bits per heavy atom. The summed E-state index contributed by atoms with van der Waals surface area (Å²) < 4.78 is 0. The number of aliphatic carboxylic acids is 1. The first kappa shape index (κ1) is 18.5. The Balaban J connectivity index is 1.89. The number of nitrogens with zero attached hydrogens (tertiary/aromatic N) is 2. The third-order valence-corrected chi connectivity index (χ3v) is 4.49. The second-order valence-electron chi connectivity index (χ2n) is 6.62. The molecule has 27 heavy (non-hydrogen) atoms. The van der Waals surface area contributed by atoms with E-state index in [1.165, 1.54) is 5.01 Å². The number of carboxylic acid groups (broad SMARTS) is 1. The minimum Gasteiger partial charge on any atom is -0.550 e. The van der Waals surface area contributed by atoms with Gasteiger partial charge in [0.05, 0.1) is 11.7 Å². The summed E-state index contributed by atoms with van der Waals surface area (Å²) in [6, 6.07) is 17.3. The number of carbonyl (C=O) groups is 2. The highest BCUT2D eigenvalue weighted by Gasteiger charge is 2.30. The summed E-state index contributed by atoms with van der Waals surface area (Å²) in [6.07, 6.45) is 1.57. The Hall–Kier alpha value is -3.28. The molecule has 0 saturated carbocycles. The summed E-state index contributed by atoms with van der Waals surface area (Å²) in [4.78, 5) is 25.4. The molecule has 140 valence electrons. The van der Waals surface area contributed by atoms with Gasteiger partial charge in [0, 0.05) is 32.2 Å². The van der Waals surface area contributed by atoms with Gasteiger partial charge < -0.3 is 14.8 Å². The molecule has 0 aliphatic carbocycles. The standard InChI is InChI=1S/C21H23N3O3/c1-23(2)17-10-8-16(9-11-17)19-14-18(15-6-4-3-5-7-15)22-24(19)20(25)12-13-21(26)27/h3-11,14,19,22H,12-13H2,1-2H3,(H,26,27)/p-1/t19-/m0/s1. The number of hydrogen-bond donors (Lipinski definition) is 1. The van der Waals surface area contributed by atoms with Crippen LogP contribution in [0.1, 0.15) is 30.0 Å². The number of nitrogens with one attached hydrogen (secondary N) is 1. The lowest BCUT2D eigenvalue weighted by atomic mass is 10.0. The molecule has 0 saturated heterocycles. The van der Waals surface area contributed by atoms with Crippen LogP contribution < -0.4 is 15.4 Å². The molecule has 0 radical (unpaired) electrons. The summed E-state index contributed by atoms with van der Waals surface area (Å²) in [5, 5.41) is 12.2. The van der Waals surface area contributed by atoms with Gasteiger partial charge in [-0.25, -0.2) is 5.01 Å². The molecule has 1 heterocycles. The zero-order valence-electron chi connectivity index (χ0n) is 15.4. The van der Waals surface area contributed by atoms with Gasteiger partial charge in [-0.3, -0.25) is 10.2 Å². The van der Waals surface area contributed by atoms with Crippen LogP contribution >= 0.6 is 0 Å². The predicted octanol–water partition coefficient (Wildman–Crippen LogP) is 1.71. The van der Waals surface area contributed by atoms with E-state index in [4.69, 9.17) is 0 Å². The third-order valence-electron chi connectivity index (χ3n) is 4.49. The number of amides is 1. The van der Waals surface area contributed by atoms with Crippen molar-refractivity contribution < 1.29 is 14.7 Å². The summed E-state index contributed by atoms with van der Waals surface area (Å²) in [5.41, 5.74) is 6.92. The second-order valence-corrected chi connectivity index (χ2v) is 6.62. The van der Waals surface area contributed by atoms with E-state index in [0.717, 1.165) is 22.5 Å². The van der Waals surface area contributed by atoms with E-state index in [1.54, 1.807) is 0 Å². The maximum atomic E-state index is 12.6. The molecule has 3 rings (SSSR count). The van der Waals surface area contributed by atoms with Gasteiger partial charge in [-0.15, -0.1) is 0 Å². The number of anilines is 1. The molecule has 1 atom stereocenters. The largest absolute Gasteiger partial charge is 0.550 e. The fraction of sp³-hybridized carbons (Fsp3) is 0.238. The van der Waals surface area contributed by atoms with Crippen molar-refractivity contribution in [1.29, 1.82) is 0 Å². The van der Waals surface area contributed by atoms with Gasteiger partial charge in [-0.1, -0.05) is 42.5 Å². The molecule has 6 nitrogen and oxygen atoms in total. The fourth-order valence-corrected chi connectivity index (χ4v) is 3.01. The average Bonchev–Trinajstić information content (AvgIpc) is 3.12. The van der Waals surface area contributed by atoms with Crippen LogP contribution in [0.25, 0.3) is 5.70 Å². The molecule has 6 heteroatoms. The van der Waals surface area contributed by atoms with Gasteiger partial charge in [0.1, 0.15) is 0 Å². The van der Waals surface area contributed by atoms with Crippen LogP contribution in [0, 0.1) is 0 Å². The number of carbonyl (C=O) groups excluding carboxylic acids is 2. The Bertz CT molecular complexity index is 845. The van der Waals surface area contributed by atoms with E-state index in [0.29, 0.717) is 0 Å². The molecule has 0 spiro atoms. The lowest BCUT2D eigenvalue weighted by Gasteiger charge is -2.26. The molecule has 1 N–H and O–H groups in total. The van der Waals surface area contributed by atoms with Crippen LogP contribution in [-0.4, -0.2) is 31.0 Å². The lowest BCUT2D eigenvalue weighted by molar-refractivity contribution is -0.305. The zero-order chi connectivity index (χ0) is 19.4. The predicted molar refractivity (Wildman–Crippen MR) is 102 cm³/mol. The smallest absolute Gasteiger partial charge is 0.242 e. The van der Waals surface area contributed by atoms with Crippen molar-refractivity contribution in [1.82, 2.24) is 10.4 Å². The van der Waals surface area contributed by atoms with Crippen molar-refractivity contribution >= 4 is 23.3 Å². The van der Waals surface area contributed by atoms with Crippen LogP contribution in [0.5, 0.6) is 0 Å². The summed E-state index contributed by atoms with van der Waals surface area (Å²) in [6.45, 7) is 0. The number of carboxylic acids is 1. The number of benzene rings is 2. The number of hydrazine groups is 1. The lowest BCUT2D eigenvalue weighted by Crippen LogP contribution is -2.40. The van der Waals surface area contributed by atoms with Gasteiger partial charge >= 0.3 is 0 Å². The molecule has 1 aliphatic heterocycles. The van der Waals surface area contributed by atoms with Crippen molar-refractivity contribution in [3.05, 3.63) is 71.8 Å². The van der Waals surface area contributed by atoms with E-state index in [2.05, 4.69) is 5.43 Å². The maximum absolute atomic E-state index is 12.6. The van der Waals surface area contributed by atoms with E-state index in [-0.39, 0.29) is 24.8 Å². The van der Waals surface area contributed by atoms with E-state index >= 15 is 0 Å². The van der Waals surface area contributed by atoms with Crippen molar-refractivity contribution in [2.45, 2.75) is 18.9 Å². The van der Waals surface area contributed by atoms with E-state index in [9.17, 15) is 14.7 Å². The molecule has 1 aliphatic rings. The average molecular weight is 364 g/mol. The molecular formula is C21H22N3O3-. The Morgan fingerprint density at radius 1 is 1.04 bits per heavy atom. The fourth-order valence-electron chi connectivity index (χ4n) is 3.01. The molecular weight excluding hydrogens is 342 g/mol. The minimum absolute atomic E-state index is 0.114. The molecule has 0 unspecified atom stereocenters. The van der Waals surface area contributed by atoms with Crippen LogP contribution in [-0.2, 0) is 9.59 Å². The van der Waals surface area contributed by atoms with Crippen LogP contribution in [0.2, 0.25) is 0 Å². The van der Waals surface area contributed by atoms with Gasteiger partial charge in [0.15, 0.2) is 0 Å². The monoisotopic (exact) mass is 364 g/mol. The van der Waals surface area contributed by atoms with Crippen molar-refractivity contribution in [2.24, 2.45) is 0 Å². The Labute approximate surface area is 158 Å². The second kappa shape index (κ2) is 7.95. The molecule has 2 aromatic rings. The SMILES string of the molecule is CN(C)c1ccc([C@@H]2C=C(c3ccccc3)NN2C(=O)CCC(=O)[O-])cc1. The zero-order valence-corrected chi connectivity index (χ0v) is 15.4. The number of hydrogen-bond acceptors (Lipinski definition) is 5. The van der Waals surface area contributed by atoms with Crippen molar-refractivity contribution in [2.75, 3.05) is 19.0 Å². The van der Waals surface area contributed by atoms with Crippen LogP contribution in [0.3, 0.4) is 0 Å². The first-order valence-corrected chi connectivity index (χ1v) is 8.79. The first-order valence-electron chi connectivity index (χ1n) is 8.79. The normalized spacial score (nSPS) is 15.9. The maximum Gasteiger partial charge on any atom is 0.242 e. The highest BCUT2D eigenvalue weighted by molar-refractivity contribution is 5.83. The van der Waals surface area contributed by atoms with Gasteiger partial charge in [-0.2, -0.15) is 0 Å². The van der Waals surface area contributed by atoms with E-state index < -0.39 is 5.97 Å². The quantitative estimate of drug-likeness (QED) is 0.845. The van der Waals surface area contributed by atoms with E-state index in [1.807, 2.05) is 79.7 Å². The molecule has 2 aromatic carbocycles. The summed E-state index contributed by atoms with van der Waals surface area (Å²) in [5.74, 6) is -1.52. The van der Waals surface area contributed by atoms with Crippen LogP contribution in [0.15, 0.2) is 60.7 Å². The minimum atomic E-state index is -1.23. The van der Waals surface area contributed by atoms with Gasteiger partial charge in [-0.05, 0) is 35.8 Å². The molecule has 0 fully saturated rings. The molecule has 1 amide bonds. The Morgan fingerprint density at radius 2 is 1.70 bits per heavy atom. The topological polar surface area (TPSA) is 75.7 Å². The molecule has 0 bridgehead atoms. The Kier molecular flexibility index (Phi) is 5.45. The molecule has 0 aromatic heterocycles. The van der Waals surface area contributed by atoms with Crippen molar-refractivity contribution in [3.8, 4) is 0 Å². The highest BCUT2D eigenvalue weighted by atomic mass is 16.4. The summed E-state index contributed by atoms with van der Waals surface area (Å²) >= 11 is 0. The van der Waals surface area contributed by atoms with Crippen molar-refractivity contribution in [3.63, 3.8) is 0 Å². The first-order chi connectivity index (χ1) is 13.0. The van der Waals surface area contributed by atoms with Crippen LogP contribution in [0.4, 0.5) is 5.69 Å². The van der Waals surface area contributed by atoms with Gasteiger partial charge in [0.2, 0.25) is 5.91 Å². The highest BCUT2D eigenvalue weighted by Crippen LogP contribution is 2.32.